The zero-order valence-electron chi connectivity index (χ0n) is 22.4. The molecule has 8 heteroatoms. The summed E-state index contributed by atoms with van der Waals surface area (Å²) < 4.78 is 5.87. The number of fused-ring (bicyclic) bond motifs is 3. The zero-order valence-corrected chi connectivity index (χ0v) is 23.1. The fraction of sp³-hybridized carbons (Fsp3) is 0.929. The van der Waals surface area contributed by atoms with Crippen LogP contribution in [0.4, 0.5) is 0 Å². The number of carbonyl (C=O) groups is 1. The van der Waals surface area contributed by atoms with E-state index in [4.69, 9.17) is 21.3 Å². The van der Waals surface area contributed by atoms with Crippen LogP contribution in [0.25, 0.3) is 0 Å². The summed E-state index contributed by atoms with van der Waals surface area (Å²) in [7, 11) is 1.85. The van der Waals surface area contributed by atoms with Crippen LogP contribution in [0, 0.1) is 17.8 Å². The Morgan fingerprint density at radius 3 is 2.61 bits per heavy atom. The van der Waals surface area contributed by atoms with E-state index in [1.807, 2.05) is 7.11 Å². The zero-order chi connectivity index (χ0) is 25.1. The van der Waals surface area contributed by atoms with Crippen LogP contribution in [-0.4, -0.2) is 66.1 Å². The van der Waals surface area contributed by atoms with Crippen molar-refractivity contribution in [2.75, 3.05) is 13.7 Å². The van der Waals surface area contributed by atoms with Gasteiger partial charge in [0.2, 0.25) is 5.91 Å². The number of hydrogen-bond donors (Lipinski definition) is 3. The molecule has 3 saturated carbocycles. The third-order valence-corrected chi connectivity index (χ3v) is 10.3. The standard InChI is InChI=1S/C28H48ClN5O2/c1-18-32-33-28-24(17-26(35)30-15-14-19-6-4-3-5-7-19)31-27(20-8-10-21(29)11-9-20)23-16-22(36-2)12-13-25(23)34(18)28/h18-25,28,32-33H,3-17H2,1-2H3,(H,30,35)/t18?,20?,21?,22?,23?,24-,25?,28?/m0/s1. The van der Waals surface area contributed by atoms with Gasteiger partial charge < -0.3 is 10.1 Å². The van der Waals surface area contributed by atoms with Crippen molar-refractivity contribution < 1.29 is 9.53 Å². The van der Waals surface area contributed by atoms with Crippen molar-refractivity contribution in [3.05, 3.63) is 0 Å². The van der Waals surface area contributed by atoms with Crippen LogP contribution in [0.3, 0.4) is 0 Å². The molecule has 2 heterocycles. The first kappa shape index (κ1) is 26.9. The molecule has 3 N–H and O–H groups in total. The highest BCUT2D eigenvalue weighted by molar-refractivity contribution is 6.20. The first-order chi connectivity index (χ1) is 17.5. The highest BCUT2D eigenvalue weighted by atomic mass is 35.5. The van der Waals surface area contributed by atoms with E-state index in [9.17, 15) is 4.79 Å². The van der Waals surface area contributed by atoms with Gasteiger partial charge in [-0.2, -0.15) is 0 Å². The normalized spacial score (nSPS) is 40.1. The van der Waals surface area contributed by atoms with E-state index in [-0.39, 0.29) is 30.4 Å². The van der Waals surface area contributed by atoms with Gasteiger partial charge in [0.1, 0.15) is 0 Å². The first-order valence-electron chi connectivity index (χ1n) is 14.8. The lowest BCUT2D eigenvalue weighted by Gasteiger charge is -2.44. The Balaban J connectivity index is 1.33. The number of amides is 1. The molecule has 0 aromatic rings. The molecule has 0 bridgehead atoms. The number of alkyl halides is 1. The Hall–Kier alpha value is -0.730. The Bertz CT molecular complexity index is 767. The summed E-state index contributed by atoms with van der Waals surface area (Å²) in [6.45, 7) is 3.03. The first-order valence-corrected chi connectivity index (χ1v) is 15.3. The number of nitrogens with zero attached hydrogens (tertiary/aromatic N) is 2. The fourth-order valence-electron chi connectivity index (χ4n) is 7.81. The number of hydrazine groups is 1. The van der Waals surface area contributed by atoms with Crippen LogP contribution >= 0.6 is 11.6 Å². The van der Waals surface area contributed by atoms with E-state index in [1.54, 1.807) is 0 Å². The summed E-state index contributed by atoms with van der Waals surface area (Å²) in [6, 6.07) is 0.332. The molecular weight excluding hydrogens is 474 g/mol. The van der Waals surface area contributed by atoms with Crippen LogP contribution in [-0.2, 0) is 9.53 Å². The quantitative estimate of drug-likeness (QED) is 0.434. The van der Waals surface area contributed by atoms with E-state index in [0.717, 1.165) is 63.8 Å². The molecule has 0 aromatic heterocycles. The van der Waals surface area contributed by atoms with Crippen LogP contribution in [0.5, 0.6) is 0 Å². The second kappa shape index (κ2) is 12.4. The molecule has 5 aliphatic rings. The number of ether oxygens (including phenoxy) is 1. The maximum absolute atomic E-state index is 13.2. The van der Waals surface area contributed by atoms with Crippen molar-refractivity contribution in [2.45, 2.75) is 133 Å². The van der Waals surface area contributed by atoms with E-state index < -0.39 is 0 Å². The summed E-state index contributed by atoms with van der Waals surface area (Å²) in [5.74, 6) is 1.78. The van der Waals surface area contributed by atoms with Gasteiger partial charge in [-0.25, -0.2) is 10.9 Å². The van der Waals surface area contributed by atoms with Gasteiger partial charge in [-0.15, -0.1) is 11.6 Å². The Labute approximate surface area is 222 Å². The number of halogens is 1. The average Bonchev–Trinajstić information content (AvgIpc) is 3.22. The molecule has 0 aromatic carbocycles. The van der Waals surface area contributed by atoms with Gasteiger partial charge in [-0.05, 0) is 70.1 Å². The predicted octanol–water partition coefficient (Wildman–Crippen LogP) is 4.35. The molecule has 0 spiro atoms. The number of nitrogens with one attached hydrogen (secondary N) is 3. The summed E-state index contributed by atoms with van der Waals surface area (Å²) in [5.41, 5.74) is 8.36. The van der Waals surface area contributed by atoms with Gasteiger partial charge in [-0.3, -0.25) is 14.7 Å². The minimum absolute atomic E-state index is 0.0394. The molecule has 5 unspecified atom stereocenters. The summed E-state index contributed by atoms with van der Waals surface area (Å²) in [6.07, 6.45) is 16.4. The molecule has 6 atom stereocenters. The van der Waals surface area contributed by atoms with E-state index >= 15 is 0 Å². The molecule has 5 rings (SSSR count). The van der Waals surface area contributed by atoms with Crippen LogP contribution < -0.4 is 16.2 Å². The second-order valence-electron chi connectivity index (χ2n) is 12.1. The SMILES string of the molecule is COC1CCC2C(C1)C(C1CCC(Cl)CC1)=N[C@@H](CC(=O)NCCC1CCCCC1)C1NNC(C)N21. The molecule has 4 fully saturated rings. The molecule has 1 saturated heterocycles. The summed E-state index contributed by atoms with van der Waals surface area (Å²) in [5, 5.41) is 3.55. The number of carbonyl (C=O) groups excluding carboxylic acids is 1. The van der Waals surface area contributed by atoms with Crippen molar-refractivity contribution >= 4 is 23.2 Å². The van der Waals surface area contributed by atoms with Gasteiger partial charge in [-0.1, -0.05) is 32.1 Å². The van der Waals surface area contributed by atoms with E-state index in [2.05, 4.69) is 28.0 Å². The predicted molar refractivity (Wildman–Crippen MR) is 145 cm³/mol. The van der Waals surface area contributed by atoms with Gasteiger partial charge >= 0.3 is 0 Å². The summed E-state index contributed by atoms with van der Waals surface area (Å²) in [4.78, 5) is 21.3. The maximum atomic E-state index is 13.2. The fourth-order valence-corrected chi connectivity index (χ4v) is 8.07. The molecule has 1 amide bonds. The van der Waals surface area contributed by atoms with E-state index in [1.165, 1.54) is 37.8 Å². The van der Waals surface area contributed by atoms with Gasteiger partial charge in [0.05, 0.1) is 30.9 Å². The highest BCUT2D eigenvalue weighted by Gasteiger charge is 2.50. The molecule has 7 nitrogen and oxygen atoms in total. The Morgan fingerprint density at radius 1 is 1.08 bits per heavy atom. The minimum atomic E-state index is -0.0903. The van der Waals surface area contributed by atoms with Crippen molar-refractivity contribution in [3.63, 3.8) is 0 Å². The third kappa shape index (κ3) is 6.12. The van der Waals surface area contributed by atoms with Crippen molar-refractivity contribution in [1.82, 2.24) is 21.1 Å². The molecule has 2 aliphatic heterocycles. The number of hydrogen-bond acceptors (Lipinski definition) is 6. The van der Waals surface area contributed by atoms with Crippen molar-refractivity contribution in [2.24, 2.45) is 22.7 Å². The molecular formula is C28H48ClN5O2. The Kier molecular flexibility index (Phi) is 9.27. The third-order valence-electron chi connectivity index (χ3n) is 9.82. The van der Waals surface area contributed by atoms with Gasteiger partial charge in [0, 0.05) is 36.7 Å². The number of methoxy groups -OCH3 is 1. The lowest BCUT2D eigenvalue weighted by Crippen LogP contribution is -2.55. The van der Waals surface area contributed by atoms with E-state index in [0.29, 0.717) is 29.7 Å². The van der Waals surface area contributed by atoms with Gasteiger partial charge in [0.25, 0.3) is 0 Å². The van der Waals surface area contributed by atoms with Gasteiger partial charge in [0.15, 0.2) is 0 Å². The molecule has 3 aliphatic carbocycles. The topological polar surface area (TPSA) is 78.0 Å². The number of rotatable bonds is 7. The number of aliphatic imine (C=N–C) groups is 1. The van der Waals surface area contributed by atoms with Crippen LogP contribution in [0.1, 0.15) is 96.8 Å². The van der Waals surface area contributed by atoms with Crippen molar-refractivity contribution in [1.29, 1.82) is 0 Å². The monoisotopic (exact) mass is 521 g/mol. The lowest BCUT2D eigenvalue weighted by molar-refractivity contribution is -0.121. The molecule has 204 valence electrons. The smallest absolute Gasteiger partial charge is 0.222 e. The highest BCUT2D eigenvalue weighted by Crippen LogP contribution is 2.42. The molecule has 36 heavy (non-hydrogen) atoms. The minimum Gasteiger partial charge on any atom is -0.381 e. The Morgan fingerprint density at radius 2 is 1.86 bits per heavy atom. The van der Waals surface area contributed by atoms with Crippen LogP contribution in [0.2, 0.25) is 0 Å². The summed E-state index contributed by atoms with van der Waals surface area (Å²) >= 11 is 6.50. The molecule has 0 radical (unpaired) electrons. The van der Waals surface area contributed by atoms with Crippen LogP contribution in [0.15, 0.2) is 4.99 Å². The largest absolute Gasteiger partial charge is 0.381 e. The van der Waals surface area contributed by atoms with Crippen molar-refractivity contribution in [3.8, 4) is 0 Å². The second-order valence-corrected chi connectivity index (χ2v) is 12.7. The lowest BCUT2D eigenvalue weighted by atomic mass is 9.72. The average molecular weight is 522 g/mol. The maximum Gasteiger partial charge on any atom is 0.222 e.